The van der Waals surface area contributed by atoms with Gasteiger partial charge >= 0.3 is 0 Å². The van der Waals surface area contributed by atoms with Gasteiger partial charge in [-0.15, -0.1) is 0 Å². The normalized spacial score (nSPS) is 15.0. The molecule has 104 valence electrons. The lowest BCUT2D eigenvalue weighted by atomic mass is 10.2. The minimum atomic E-state index is -3.46. The van der Waals surface area contributed by atoms with Crippen LogP contribution in [0, 0.1) is 16.0 Å². The quantitative estimate of drug-likeness (QED) is 0.634. The van der Waals surface area contributed by atoms with Gasteiger partial charge in [0.25, 0.3) is 5.69 Å². The molecule has 19 heavy (non-hydrogen) atoms. The molecule has 1 fully saturated rings. The van der Waals surface area contributed by atoms with Crippen molar-refractivity contribution in [3.05, 3.63) is 28.3 Å². The Morgan fingerprint density at radius 2 is 2.16 bits per heavy atom. The minimum Gasteiger partial charge on any atom is -0.491 e. The molecule has 2 rings (SSSR count). The number of sulfonamides is 1. The molecule has 0 bridgehead atoms. The fourth-order valence-electron chi connectivity index (χ4n) is 1.52. The number of nitro groups is 1. The van der Waals surface area contributed by atoms with Crippen molar-refractivity contribution >= 4 is 21.4 Å². The van der Waals surface area contributed by atoms with E-state index in [9.17, 15) is 18.5 Å². The second-order valence-electron chi connectivity index (χ2n) is 4.57. The largest absolute Gasteiger partial charge is 0.491 e. The van der Waals surface area contributed by atoms with Gasteiger partial charge in [-0.3, -0.25) is 14.8 Å². The molecule has 0 aromatic heterocycles. The molecule has 0 amide bonds. The Bertz CT molecular complexity index is 595. The molecule has 0 aliphatic heterocycles. The molecular formula is C11H14N2O5S. The van der Waals surface area contributed by atoms with E-state index in [-0.39, 0.29) is 17.1 Å². The Morgan fingerprint density at radius 3 is 2.68 bits per heavy atom. The van der Waals surface area contributed by atoms with Gasteiger partial charge in [0, 0.05) is 6.07 Å². The highest BCUT2D eigenvalue weighted by Crippen LogP contribution is 2.34. The lowest BCUT2D eigenvalue weighted by molar-refractivity contribution is -0.384. The molecule has 0 spiro atoms. The minimum absolute atomic E-state index is 0.134. The van der Waals surface area contributed by atoms with Crippen LogP contribution in [-0.2, 0) is 10.0 Å². The molecule has 7 nitrogen and oxygen atoms in total. The van der Waals surface area contributed by atoms with Crippen molar-refractivity contribution in [1.82, 2.24) is 0 Å². The highest BCUT2D eigenvalue weighted by Gasteiger charge is 2.23. The van der Waals surface area contributed by atoms with Crippen LogP contribution >= 0.6 is 0 Å². The maximum atomic E-state index is 11.2. The number of nitrogens with zero attached hydrogens (tertiary/aromatic N) is 1. The van der Waals surface area contributed by atoms with Gasteiger partial charge in [-0.2, -0.15) is 0 Å². The van der Waals surface area contributed by atoms with E-state index in [2.05, 4.69) is 4.72 Å². The highest BCUT2D eigenvalue weighted by atomic mass is 32.2. The van der Waals surface area contributed by atoms with Crippen molar-refractivity contribution in [2.45, 2.75) is 12.8 Å². The van der Waals surface area contributed by atoms with Crippen LogP contribution in [0.4, 0.5) is 11.4 Å². The zero-order valence-corrected chi connectivity index (χ0v) is 11.1. The number of nitro benzene ring substituents is 1. The van der Waals surface area contributed by atoms with Gasteiger partial charge in [-0.25, -0.2) is 8.42 Å². The number of anilines is 1. The summed E-state index contributed by atoms with van der Waals surface area (Å²) in [7, 11) is -3.46. The van der Waals surface area contributed by atoms with Gasteiger partial charge in [0.2, 0.25) is 10.0 Å². The predicted octanol–water partition coefficient (Wildman–Crippen LogP) is 1.76. The smallest absolute Gasteiger partial charge is 0.273 e. The Hall–Kier alpha value is -1.83. The average molecular weight is 286 g/mol. The van der Waals surface area contributed by atoms with E-state index in [4.69, 9.17) is 4.74 Å². The lowest BCUT2D eigenvalue weighted by Crippen LogP contribution is -2.11. The first kappa shape index (κ1) is 13.6. The first-order valence-corrected chi connectivity index (χ1v) is 7.63. The zero-order valence-electron chi connectivity index (χ0n) is 10.3. The second-order valence-corrected chi connectivity index (χ2v) is 6.31. The zero-order chi connectivity index (χ0) is 14.0. The van der Waals surface area contributed by atoms with Crippen molar-refractivity contribution < 1.29 is 18.1 Å². The summed E-state index contributed by atoms with van der Waals surface area (Å²) < 4.78 is 30.2. The first-order valence-electron chi connectivity index (χ1n) is 5.74. The Labute approximate surface area is 110 Å². The van der Waals surface area contributed by atoms with Crippen LogP contribution in [0.5, 0.6) is 5.75 Å². The van der Waals surface area contributed by atoms with Crippen molar-refractivity contribution in [1.29, 1.82) is 0 Å². The SMILES string of the molecule is CS(=O)(=O)Nc1ccc([N+](=O)[O-])cc1OCC1CC1. The molecule has 0 radical (unpaired) electrons. The van der Waals surface area contributed by atoms with Crippen molar-refractivity contribution in [3.63, 3.8) is 0 Å². The monoisotopic (exact) mass is 286 g/mol. The Balaban J connectivity index is 2.25. The van der Waals surface area contributed by atoms with Gasteiger partial charge in [0.1, 0.15) is 5.75 Å². The molecule has 1 aliphatic rings. The topological polar surface area (TPSA) is 98.5 Å². The van der Waals surface area contributed by atoms with Crippen molar-refractivity contribution in [2.24, 2.45) is 5.92 Å². The van der Waals surface area contributed by atoms with E-state index in [1.165, 1.54) is 18.2 Å². The maximum absolute atomic E-state index is 11.2. The van der Waals surface area contributed by atoms with Gasteiger partial charge in [-0.05, 0) is 24.8 Å². The van der Waals surface area contributed by atoms with E-state index in [0.29, 0.717) is 12.5 Å². The third-order valence-electron chi connectivity index (χ3n) is 2.64. The van der Waals surface area contributed by atoms with Gasteiger partial charge in [0.15, 0.2) is 0 Å². The summed E-state index contributed by atoms with van der Waals surface area (Å²) >= 11 is 0. The third-order valence-corrected chi connectivity index (χ3v) is 3.23. The molecule has 1 aromatic carbocycles. The molecule has 1 saturated carbocycles. The number of ether oxygens (including phenoxy) is 1. The fourth-order valence-corrected chi connectivity index (χ4v) is 2.09. The predicted molar refractivity (Wildman–Crippen MR) is 69.8 cm³/mol. The molecule has 1 aliphatic carbocycles. The fraction of sp³-hybridized carbons (Fsp3) is 0.455. The van der Waals surface area contributed by atoms with Gasteiger partial charge in [-0.1, -0.05) is 0 Å². The molecule has 0 saturated heterocycles. The van der Waals surface area contributed by atoms with E-state index >= 15 is 0 Å². The molecule has 1 N–H and O–H groups in total. The molecule has 8 heteroatoms. The summed E-state index contributed by atoms with van der Waals surface area (Å²) in [5.74, 6) is 0.650. The van der Waals surface area contributed by atoms with Gasteiger partial charge < -0.3 is 4.74 Å². The standard InChI is InChI=1S/C11H14N2O5S/c1-19(16,17)12-10-5-4-9(13(14)15)6-11(10)18-7-8-2-3-8/h4-6,8,12H,2-3,7H2,1H3. The van der Waals surface area contributed by atoms with Crippen LogP contribution in [0.3, 0.4) is 0 Å². The number of benzene rings is 1. The molecule has 1 aromatic rings. The van der Waals surface area contributed by atoms with Crippen LogP contribution in [0.25, 0.3) is 0 Å². The summed E-state index contributed by atoms with van der Waals surface area (Å²) in [5.41, 5.74) is 0.0820. The van der Waals surface area contributed by atoms with E-state index in [0.717, 1.165) is 19.1 Å². The Kier molecular flexibility index (Phi) is 3.61. The summed E-state index contributed by atoms with van der Waals surface area (Å²) in [4.78, 5) is 10.2. The summed E-state index contributed by atoms with van der Waals surface area (Å²) in [6.45, 7) is 0.444. The number of non-ortho nitro benzene ring substituents is 1. The molecule has 0 heterocycles. The van der Waals surface area contributed by atoms with Crippen molar-refractivity contribution in [2.75, 3.05) is 17.6 Å². The first-order chi connectivity index (χ1) is 8.85. The maximum Gasteiger partial charge on any atom is 0.273 e. The summed E-state index contributed by atoms with van der Waals surface area (Å²) in [6, 6.07) is 3.80. The van der Waals surface area contributed by atoms with E-state index < -0.39 is 14.9 Å². The van der Waals surface area contributed by atoms with E-state index in [1.807, 2.05) is 0 Å². The highest BCUT2D eigenvalue weighted by molar-refractivity contribution is 7.92. The van der Waals surface area contributed by atoms with Crippen LogP contribution < -0.4 is 9.46 Å². The van der Waals surface area contributed by atoms with Crippen molar-refractivity contribution in [3.8, 4) is 5.75 Å². The van der Waals surface area contributed by atoms with Crippen LogP contribution in [0.15, 0.2) is 18.2 Å². The van der Waals surface area contributed by atoms with Crippen LogP contribution in [-0.4, -0.2) is 26.2 Å². The number of hydrogen-bond acceptors (Lipinski definition) is 5. The number of nitrogens with one attached hydrogen (secondary N) is 1. The van der Waals surface area contributed by atoms with Crippen LogP contribution in [0.1, 0.15) is 12.8 Å². The molecule has 0 unspecified atom stereocenters. The van der Waals surface area contributed by atoms with E-state index in [1.54, 1.807) is 0 Å². The summed E-state index contributed by atoms with van der Waals surface area (Å²) in [5, 5.41) is 10.7. The number of rotatable bonds is 6. The molecular weight excluding hydrogens is 272 g/mol. The second kappa shape index (κ2) is 5.04. The lowest BCUT2D eigenvalue weighted by Gasteiger charge is -2.11. The number of hydrogen-bond donors (Lipinski definition) is 1. The third kappa shape index (κ3) is 4.09. The van der Waals surface area contributed by atoms with Crippen LogP contribution in [0.2, 0.25) is 0 Å². The molecule has 0 atom stereocenters. The Morgan fingerprint density at radius 1 is 1.47 bits per heavy atom. The van der Waals surface area contributed by atoms with Gasteiger partial charge in [0.05, 0.1) is 29.5 Å². The average Bonchev–Trinajstić information content (AvgIpc) is 3.09. The summed E-state index contributed by atoms with van der Waals surface area (Å²) in [6.07, 6.45) is 3.16.